The number of furan rings is 1. The zero-order valence-corrected chi connectivity index (χ0v) is 9.10. The lowest BCUT2D eigenvalue weighted by Gasteiger charge is -1.96. The summed E-state index contributed by atoms with van der Waals surface area (Å²) in [7, 11) is 0. The monoisotopic (exact) mass is 211 g/mol. The summed E-state index contributed by atoms with van der Waals surface area (Å²) >= 11 is 0. The molecule has 0 aliphatic heterocycles. The van der Waals surface area contributed by atoms with E-state index in [0.29, 0.717) is 0 Å². The van der Waals surface area contributed by atoms with Crippen molar-refractivity contribution in [2.45, 2.75) is 19.9 Å². The van der Waals surface area contributed by atoms with Crippen molar-refractivity contribution in [2.24, 2.45) is 5.73 Å². The van der Waals surface area contributed by atoms with Gasteiger partial charge in [-0.25, -0.2) is 0 Å². The molecule has 1 heterocycles. The molecular formula is C11H14ClNO. The van der Waals surface area contributed by atoms with Crippen molar-refractivity contribution in [3.63, 3.8) is 0 Å². The molecule has 0 amide bonds. The number of hydrogen-bond donors (Lipinski definition) is 1. The predicted molar refractivity (Wildman–Crippen MR) is 60.8 cm³/mol. The highest BCUT2D eigenvalue weighted by atomic mass is 35.5. The molecule has 1 aromatic carbocycles. The van der Waals surface area contributed by atoms with Gasteiger partial charge in [-0.2, -0.15) is 0 Å². The molecule has 2 nitrogen and oxygen atoms in total. The molecule has 0 aliphatic carbocycles. The van der Waals surface area contributed by atoms with Crippen molar-refractivity contribution in [3.8, 4) is 0 Å². The lowest BCUT2D eigenvalue weighted by atomic mass is 10.2. The Morgan fingerprint density at radius 2 is 2.00 bits per heavy atom. The summed E-state index contributed by atoms with van der Waals surface area (Å²) in [6.45, 7) is 3.97. The Labute approximate surface area is 89.5 Å². The van der Waals surface area contributed by atoms with Crippen molar-refractivity contribution in [3.05, 3.63) is 35.6 Å². The van der Waals surface area contributed by atoms with Crippen molar-refractivity contribution in [1.82, 2.24) is 0 Å². The van der Waals surface area contributed by atoms with Crippen molar-refractivity contribution >= 4 is 23.4 Å². The number of aryl methyl sites for hydroxylation is 1. The second kappa shape index (κ2) is 4.03. The maximum absolute atomic E-state index is 5.72. The van der Waals surface area contributed by atoms with Crippen LogP contribution in [0.2, 0.25) is 0 Å². The van der Waals surface area contributed by atoms with Crippen LogP contribution in [0.4, 0.5) is 0 Å². The standard InChI is InChI=1S/C11H13NO.ClH/c1-7-3-4-9-6-10(8(2)12)13-11(9)5-7;/h3-6,8H,12H2,1-2H3;1H. The third-order valence-electron chi connectivity index (χ3n) is 2.14. The van der Waals surface area contributed by atoms with Crippen LogP contribution in [-0.4, -0.2) is 0 Å². The Balaban J connectivity index is 0.000000980. The molecule has 0 spiro atoms. The smallest absolute Gasteiger partial charge is 0.134 e. The fourth-order valence-electron chi connectivity index (χ4n) is 1.38. The first-order chi connectivity index (χ1) is 6.16. The summed E-state index contributed by atoms with van der Waals surface area (Å²) in [6, 6.07) is 8.12. The van der Waals surface area contributed by atoms with Gasteiger partial charge in [0.25, 0.3) is 0 Å². The number of benzene rings is 1. The van der Waals surface area contributed by atoms with Gasteiger partial charge < -0.3 is 10.2 Å². The molecule has 0 saturated heterocycles. The molecule has 14 heavy (non-hydrogen) atoms. The van der Waals surface area contributed by atoms with E-state index in [0.717, 1.165) is 16.7 Å². The first-order valence-electron chi connectivity index (χ1n) is 4.42. The fourth-order valence-corrected chi connectivity index (χ4v) is 1.38. The third kappa shape index (κ3) is 1.91. The van der Waals surface area contributed by atoms with Crippen molar-refractivity contribution in [2.75, 3.05) is 0 Å². The summed E-state index contributed by atoms with van der Waals surface area (Å²) in [5.41, 5.74) is 7.85. The SMILES string of the molecule is Cc1ccc2cc(C(C)N)oc2c1.Cl. The van der Waals surface area contributed by atoms with Gasteiger partial charge in [0, 0.05) is 5.39 Å². The zero-order valence-electron chi connectivity index (χ0n) is 8.28. The maximum atomic E-state index is 5.72. The minimum absolute atomic E-state index is 0. The average Bonchev–Trinajstić information content (AvgIpc) is 2.46. The molecule has 3 heteroatoms. The van der Waals surface area contributed by atoms with E-state index in [-0.39, 0.29) is 18.4 Å². The van der Waals surface area contributed by atoms with Crippen LogP contribution in [0.15, 0.2) is 28.7 Å². The van der Waals surface area contributed by atoms with Crippen LogP contribution in [0, 0.1) is 6.92 Å². The van der Waals surface area contributed by atoms with E-state index in [1.54, 1.807) is 0 Å². The third-order valence-corrected chi connectivity index (χ3v) is 2.14. The number of halogens is 1. The molecule has 1 unspecified atom stereocenters. The Morgan fingerprint density at radius 1 is 1.29 bits per heavy atom. The first-order valence-corrected chi connectivity index (χ1v) is 4.42. The molecule has 0 fully saturated rings. The lowest BCUT2D eigenvalue weighted by Crippen LogP contribution is -2.02. The van der Waals surface area contributed by atoms with E-state index in [4.69, 9.17) is 10.2 Å². The van der Waals surface area contributed by atoms with Crippen LogP contribution in [0.1, 0.15) is 24.3 Å². The first kappa shape index (κ1) is 11.1. The Hall–Kier alpha value is -0.990. The van der Waals surface area contributed by atoms with E-state index in [2.05, 4.69) is 12.1 Å². The molecule has 2 N–H and O–H groups in total. The number of rotatable bonds is 1. The van der Waals surface area contributed by atoms with Gasteiger partial charge in [0.15, 0.2) is 0 Å². The quantitative estimate of drug-likeness (QED) is 0.787. The highest BCUT2D eigenvalue weighted by Crippen LogP contribution is 2.23. The number of hydrogen-bond acceptors (Lipinski definition) is 2. The number of nitrogens with two attached hydrogens (primary N) is 1. The molecule has 0 aliphatic rings. The minimum Gasteiger partial charge on any atom is -0.459 e. The van der Waals surface area contributed by atoms with Crippen molar-refractivity contribution < 1.29 is 4.42 Å². The van der Waals surface area contributed by atoms with Gasteiger partial charge in [0.1, 0.15) is 11.3 Å². The van der Waals surface area contributed by atoms with Gasteiger partial charge in [-0.05, 0) is 31.5 Å². The molecule has 0 saturated carbocycles. The van der Waals surface area contributed by atoms with Crippen LogP contribution in [0.25, 0.3) is 11.0 Å². The zero-order chi connectivity index (χ0) is 9.42. The Bertz CT molecular complexity index is 434. The highest BCUT2D eigenvalue weighted by Gasteiger charge is 2.06. The van der Waals surface area contributed by atoms with E-state index < -0.39 is 0 Å². The van der Waals surface area contributed by atoms with E-state index >= 15 is 0 Å². The van der Waals surface area contributed by atoms with Gasteiger partial charge in [0.05, 0.1) is 6.04 Å². The lowest BCUT2D eigenvalue weighted by molar-refractivity contribution is 0.513. The molecular weight excluding hydrogens is 198 g/mol. The van der Waals surface area contributed by atoms with E-state index in [1.807, 2.05) is 26.0 Å². The summed E-state index contributed by atoms with van der Waals surface area (Å²) < 4.78 is 5.59. The summed E-state index contributed by atoms with van der Waals surface area (Å²) in [6.07, 6.45) is 0. The molecule has 1 aromatic heterocycles. The van der Waals surface area contributed by atoms with E-state index in [9.17, 15) is 0 Å². The van der Waals surface area contributed by atoms with Gasteiger partial charge >= 0.3 is 0 Å². The highest BCUT2D eigenvalue weighted by molar-refractivity contribution is 5.85. The largest absolute Gasteiger partial charge is 0.459 e. The Morgan fingerprint density at radius 3 is 2.64 bits per heavy atom. The normalized spacial score (nSPS) is 12.5. The van der Waals surface area contributed by atoms with Gasteiger partial charge in [0.2, 0.25) is 0 Å². The summed E-state index contributed by atoms with van der Waals surface area (Å²) in [5, 5.41) is 1.12. The number of fused-ring (bicyclic) bond motifs is 1. The summed E-state index contributed by atoms with van der Waals surface area (Å²) in [4.78, 5) is 0. The van der Waals surface area contributed by atoms with Gasteiger partial charge in [-0.3, -0.25) is 0 Å². The summed E-state index contributed by atoms with van der Waals surface area (Å²) in [5.74, 6) is 0.848. The molecule has 2 rings (SSSR count). The van der Waals surface area contributed by atoms with Crippen molar-refractivity contribution in [1.29, 1.82) is 0 Å². The van der Waals surface area contributed by atoms with Crippen LogP contribution < -0.4 is 5.73 Å². The Kier molecular flexibility index (Phi) is 3.19. The fraction of sp³-hybridized carbons (Fsp3) is 0.273. The second-order valence-corrected chi connectivity index (χ2v) is 3.48. The van der Waals surface area contributed by atoms with Crippen LogP contribution >= 0.6 is 12.4 Å². The van der Waals surface area contributed by atoms with Crippen LogP contribution in [-0.2, 0) is 0 Å². The molecule has 0 radical (unpaired) electrons. The minimum atomic E-state index is -0.0345. The van der Waals surface area contributed by atoms with Crippen LogP contribution in [0.3, 0.4) is 0 Å². The molecule has 2 aromatic rings. The second-order valence-electron chi connectivity index (χ2n) is 3.48. The topological polar surface area (TPSA) is 39.2 Å². The van der Waals surface area contributed by atoms with E-state index in [1.165, 1.54) is 5.56 Å². The molecule has 1 atom stereocenters. The van der Waals surface area contributed by atoms with Crippen LogP contribution in [0.5, 0.6) is 0 Å². The maximum Gasteiger partial charge on any atom is 0.134 e. The molecule has 76 valence electrons. The van der Waals surface area contributed by atoms with Gasteiger partial charge in [-0.1, -0.05) is 12.1 Å². The average molecular weight is 212 g/mol. The van der Waals surface area contributed by atoms with Gasteiger partial charge in [-0.15, -0.1) is 12.4 Å². The molecule has 0 bridgehead atoms. The predicted octanol–water partition coefficient (Wildman–Crippen LogP) is 3.18.